The van der Waals surface area contributed by atoms with E-state index in [1.807, 2.05) is 0 Å². The van der Waals surface area contributed by atoms with Crippen LogP contribution in [-0.4, -0.2) is 54.4 Å². The summed E-state index contributed by atoms with van der Waals surface area (Å²) in [5.74, 6) is -0.790. The van der Waals surface area contributed by atoms with Crippen molar-refractivity contribution in [2.24, 2.45) is 5.16 Å². The molecular formula is C31H38F3N3O3. The number of carboxylic acid groups (broad SMARTS) is 1. The number of aliphatic carboxylic acids is 1. The van der Waals surface area contributed by atoms with Crippen LogP contribution in [-0.2, 0) is 28.8 Å². The molecule has 1 saturated heterocycles. The first-order chi connectivity index (χ1) is 19.3. The number of hydrogen-bond donors (Lipinski definition) is 1. The van der Waals surface area contributed by atoms with E-state index in [-0.39, 0.29) is 18.9 Å². The first-order valence-corrected chi connectivity index (χ1v) is 14.5. The number of benzene rings is 2. The Balaban J connectivity index is 1.23. The van der Waals surface area contributed by atoms with Gasteiger partial charge in [-0.25, -0.2) is 0 Å². The van der Waals surface area contributed by atoms with E-state index < -0.39 is 17.7 Å². The SMILES string of the molecule is O=C(O)CCN1CCN(c2ccc3c(c2)CCC/C3=N/OCc2ccc(C3CCCCC3)c(C(F)(F)F)c2)CC1. The molecule has 3 aliphatic rings. The Morgan fingerprint density at radius 1 is 0.975 bits per heavy atom. The highest BCUT2D eigenvalue weighted by Gasteiger charge is 2.36. The van der Waals surface area contributed by atoms with Crippen LogP contribution in [0.5, 0.6) is 0 Å². The second-order valence-corrected chi connectivity index (χ2v) is 11.2. The van der Waals surface area contributed by atoms with Crippen molar-refractivity contribution in [3.63, 3.8) is 0 Å². The molecule has 0 aromatic heterocycles. The molecule has 2 fully saturated rings. The number of carboxylic acids is 1. The van der Waals surface area contributed by atoms with Gasteiger partial charge in [-0.15, -0.1) is 0 Å². The van der Waals surface area contributed by atoms with Gasteiger partial charge >= 0.3 is 12.1 Å². The van der Waals surface area contributed by atoms with Crippen LogP contribution in [0, 0.1) is 0 Å². The predicted molar refractivity (Wildman–Crippen MR) is 149 cm³/mol. The van der Waals surface area contributed by atoms with Gasteiger partial charge < -0.3 is 14.8 Å². The number of hydrogen-bond acceptors (Lipinski definition) is 5. The summed E-state index contributed by atoms with van der Waals surface area (Å²) >= 11 is 0. The van der Waals surface area contributed by atoms with Crippen molar-refractivity contribution in [2.75, 3.05) is 37.6 Å². The van der Waals surface area contributed by atoms with E-state index in [0.29, 0.717) is 17.7 Å². The molecule has 0 atom stereocenters. The van der Waals surface area contributed by atoms with Gasteiger partial charge in [0, 0.05) is 44.0 Å². The van der Waals surface area contributed by atoms with Crippen LogP contribution < -0.4 is 4.90 Å². The Kier molecular flexibility index (Phi) is 8.98. The Morgan fingerprint density at radius 3 is 2.48 bits per heavy atom. The normalized spacial score (nSPS) is 20.0. The average molecular weight is 558 g/mol. The van der Waals surface area contributed by atoms with Gasteiger partial charge in [-0.2, -0.15) is 13.2 Å². The standard InChI is InChI=1S/C31H38F3N3O3/c32-31(33,34)28-19-22(9-11-26(28)23-5-2-1-3-6-23)21-40-35-29-8-4-7-24-20-25(10-12-27(24)29)37-17-15-36(16-18-37)14-13-30(38)39/h9-12,19-20,23H,1-8,13-18,21H2,(H,38,39)/b35-29-. The van der Waals surface area contributed by atoms with Gasteiger partial charge in [0.25, 0.3) is 0 Å². The fraction of sp³-hybridized carbons (Fsp3) is 0.548. The van der Waals surface area contributed by atoms with E-state index in [1.165, 1.54) is 11.6 Å². The molecule has 0 unspecified atom stereocenters. The number of anilines is 1. The Bertz CT molecular complexity index is 1220. The first kappa shape index (κ1) is 28.5. The lowest BCUT2D eigenvalue weighted by Gasteiger charge is -2.36. The molecular weight excluding hydrogens is 519 g/mol. The zero-order valence-corrected chi connectivity index (χ0v) is 22.9. The summed E-state index contributed by atoms with van der Waals surface area (Å²) in [5.41, 5.74) is 4.59. The van der Waals surface area contributed by atoms with Gasteiger partial charge in [0.1, 0.15) is 6.61 Å². The second kappa shape index (κ2) is 12.6. The van der Waals surface area contributed by atoms with Crippen molar-refractivity contribution >= 4 is 17.4 Å². The summed E-state index contributed by atoms with van der Waals surface area (Å²) in [6, 6.07) is 11.0. The highest BCUT2D eigenvalue weighted by atomic mass is 19.4. The zero-order valence-electron chi connectivity index (χ0n) is 22.9. The molecule has 2 aromatic rings. The molecule has 1 N–H and O–H groups in total. The molecule has 2 aliphatic carbocycles. The molecule has 1 aliphatic heterocycles. The van der Waals surface area contributed by atoms with Crippen LogP contribution in [0.2, 0.25) is 0 Å². The molecule has 1 heterocycles. The Hall–Kier alpha value is -3.07. The molecule has 40 heavy (non-hydrogen) atoms. The minimum atomic E-state index is -4.39. The van der Waals surface area contributed by atoms with Crippen LogP contribution >= 0.6 is 0 Å². The molecule has 5 rings (SSSR count). The summed E-state index contributed by atoms with van der Waals surface area (Å²) < 4.78 is 41.7. The molecule has 0 amide bonds. The van der Waals surface area contributed by atoms with Crippen molar-refractivity contribution in [3.8, 4) is 0 Å². The van der Waals surface area contributed by atoms with Crippen LogP contribution in [0.3, 0.4) is 0 Å². The molecule has 9 heteroatoms. The van der Waals surface area contributed by atoms with Crippen molar-refractivity contribution in [2.45, 2.75) is 76.5 Å². The summed E-state index contributed by atoms with van der Waals surface area (Å²) in [4.78, 5) is 21.0. The monoisotopic (exact) mass is 557 g/mol. The van der Waals surface area contributed by atoms with Gasteiger partial charge in [0.05, 0.1) is 17.7 Å². The maximum Gasteiger partial charge on any atom is 0.416 e. The summed E-state index contributed by atoms with van der Waals surface area (Å²) in [6.45, 7) is 3.95. The third-order valence-corrected chi connectivity index (χ3v) is 8.51. The summed E-state index contributed by atoms with van der Waals surface area (Å²) in [6.07, 6.45) is 3.13. The van der Waals surface area contributed by atoms with Crippen molar-refractivity contribution < 1.29 is 27.9 Å². The summed E-state index contributed by atoms with van der Waals surface area (Å²) in [5, 5.41) is 13.3. The van der Waals surface area contributed by atoms with E-state index in [2.05, 4.69) is 33.2 Å². The highest BCUT2D eigenvalue weighted by molar-refractivity contribution is 6.02. The van der Waals surface area contributed by atoms with Crippen LogP contribution in [0.1, 0.15) is 85.1 Å². The molecule has 1 saturated carbocycles. The number of fused-ring (bicyclic) bond motifs is 1. The molecule has 216 valence electrons. The lowest BCUT2D eigenvalue weighted by atomic mass is 9.81. The Morgan fingerprint density at radius 2 is 1.75 bits per heavy atom. The minimum absolute atomic E-state index is 0.00288. The van der Waals surface area contributed by atoms with Crippen LogP contribution in [0.25, 0.3) is 0 Å². The van der Waals surface area contributed by atoms with Crippen molar-refractivity contribution in [1.82, 2.24) is 4.90 Å². The zero-order chi connectivity index (χ0) is 28.1. The number of alkyl halides is 3. The minimum Gasteiger partial charge on any atom is -0.481 e. The smallest absolute Gasteiger partial charge is 0.416 e. The molecule has 0 spiro atoms. The van der Waals surface area contributed by atoms with Gasteiger partial charge in [0.15, 0.2) is 0 Å². The van der Waals surface area contributed by atoms with E-state index in [4.69, 9.17) is 9.94 Å². The van der Waals surface area contributed by atoms with Crippen LogP contribution in [0.4, 0.5) is 18.9 Å². The predicted octanol–water partition coefficient (Wildman–Crippen LogP) is 6.61. The van der Waals surface area contributed by atoms with Crippen LogP contribution in [0.15, 0.2) is 41.6 Å². The quantitative estimate of drug-likeness (QED) is 0.370. The number of halogens is 3. The highest BCUT2D eigenvalue weighted by Crippen LogP contribution is 2.41. The average Bonchev–Trinajstić information content (AvgIpc) is 2.96. The van der Waals surface area contributed by atoms with Gasteiger partial charge in [-0.3, -0.25) is 9.69 Å². The number of oxime groups is 1. The largest absolute Gasteiger partial charge is 0.481 e. The van der Waals surface area contributed by atoms with E-state index in [1.54, 1.807) is 12.1 Å². The number of piperazine rings is 1. The lowest BCUT2D eigenvalue weighted by molar-refractivity contribution is -0.139. The second-order valence-electron chi connectivity index (χ2n) is 11.2. The number of nitrogens with zero attached hydrogens (tertiary/aromatic N) is 3. The van der Waals surface area contributed by atoms with Gasteiger partial charge in [0.2, 0.25) is 0 Å². The van der Waals surface area contributed by atoms with E-state index in [0.717, 1.165) is 94.5 Å². The number of rotatable bonds is 8. The maximum absolute atomic E-state index is 13.9. The van der Waals surface area contributed by atoms with E-state index >= 15 is 0 Å². The van der Waals surface area contributed by atoms with Crippen molar-refractivity contribution in [3.05, 3.63) is 64.2 Å². The third kappa shape index (κ3) is 6.97. The lowest BCUT2D eigenvalue weighted by Crippen LogP contribution is -2.47. The van der Waals surface area contributed by atoms with Crippen molar-refractivity contribution in [1.29, 1.82) is 0 Å². The first-order valence-electron chi connectivity index (χ1n) is 14.5. The topological polar surface area (TPSA) is 65.4 Å². The molecule has 0 bridgehead atoms. The van der Waals surface area contributed by atoms with Gasteiger partial charge in [-0.05, 0) is 72.9 Å². The maximum atomic E-state index is 13.9. The number of aryl methyl sites for hydroxylation is 1. The van der Waals surface area contributed by atoms with E-state index in [9.17, 15) is 18.0 Å². The molecule has 0 radical (unpaired) electrons. The Labute approximate surface area is 233 Å². The fourth-order valence-electron chi connectivity index (χ4n) is 6.32. The third-order valence-electron chi connectivity index (χ3n) is 8.51. The fourth-order valence-corrected chi connectivity index (χ4v) is 6.32. The summed E-state index contributed by atoms with van der Waals surface area (Å²) in [7, 11) is 0. The van der Waals surface area contributed by atoms with Gasteiger partial charge in [-0.1, -0.05) is 42.6 Å². The molecule has 2 aromatic carbocycles. The number of carbonyl (C=O) groups is 1. The molecule has 6 nitrogen and oxygen atoms in total.